The molecule has 0 saturated carbocycles. The van der Waals surface area contributed by atoms with Gasteiger partial charge in [-0.2, -0.15) is 5.10 Å². The molecule has 1 saturated heterocycles. The van der Waals surface area contributed by atoms with Crippen molar-refractivity contribution in [2.75, 3.05) is 19.3 Å². The fraction of sp³-hybridized carbons (Fsp3) is 0.474. The van der Waals surface area contributed by atoms with Crippen LogP contribution in [0.15, 0.2) is 47.6 Å². The van der Waals surface area contributed by atoms with Gasteiger partial charge in [-0.3, -0.25) is 4.68 Å². The Kier molecular flexibility index (Phi) is 6.39. The maximum Gasteiger partial charge on any atom is 0.317 e. The lowest BCUT2D eigenvalue weighted by Crippen LogP contribution is -2.44. The number of carbonyl (C=O) groups is 1. The van der Waals surface area contributed by atoms with Crippen molar-refractivity contribution in [3.8, 4) is 0 Å². The lowest BCUT2D eigenvalue weighted by molar-refractivity contribution is 0.166. The molecule has 1 aromatic heterocycles. The topological polar surface area (TPSA) is 50.2 Å². The highest BCUT2D eigenvalue weighted by molar-refractivity contribution is 7.98. The van der Waals surface area contributed by atoms with Crippen LogP contribution in [0, 0.1) is 5.92 Å². The van der Waals surface area contributed by atoms with Crippen LogP contribution in [0.5, 0.6) is 0 Å². The maximum absolute atomic E-state index is 12.4. The first-order valence-corrected chi connectivity index (χ1v) is 10.1. The predicted octanol–water partition coefficient (Wildman–Crippen LogP) is 3.62. The first-order chi connectivity index (χ1) is 12.2. The Morgan fingerprint density at radius 1 is 1.32 bits per heavy atom. The van der Waals surface area contributed by atoms with Crippen LogP contribution in [-0.2, 0) is 13.1 Å². The second-order valence-corrected chi connectivity index (χ2v) is 7.38. The number of urea groups is 1. The number of amides is 2. The van der Waals surface area contributed by atoms with Crippen LogP contribution in [0.25, 0.3) is 0 Å². The van der Waals surface area contributed by atoms with E-state index in [2.05, 4.69) is 34.9 Å². The molecule has 2 amide bonds. The van der Waals surface area contributed by atoms with Gasteiger partial charge in [0, 0.05) is 43.5 Å². The van der Waals surface area contributed by atoms with Crippen LogP contribution in [0.2, 0.25) is 0 Å². The largest absolute Gasteiger partial charge is 0.334 e. The van der Waals surface area contributed by atoms with Crippen molar-refractivity contribution >= 4 is 17.8 Å². The summed E-state index contributed by atoms with van der Waals surface area (Å²) in [5.41, 5.74) is 1.15. The van der Waals surface area contributed by atoms with Gasteiger partial charge in [0.2, 0.25) is 0 Å². The molecule has 2 heterocycles. The van der Waals surface area contributed by atoms with Gasteiger partial charge >= 0.3 is 6.03 Å². The molecule has 6 heteroatoms. The van der Waals surface area contributed by atoms with Crippen molar-refractivity contribution in [3.05, 3.63) is 48.3 Å². The molecular weight excluding hydrogens is 332 g/mol. The molecule has 2 aromatic rings. The number of hydrogen-bond donors (Lipinski definition) is 1. The third-order valence-corrected chi connectivity index (χ3v) is 5.53. The van der Waals surface area contributed by atoms with E-state index in [9.17, 15) is 4.79 Å². The van der Waals surface area contributed by atoms with Crippen LogP contribution in [-0.4, -0.2) is 40.1 Å². The minimum atomic E-state index is 0.0556. The Morgan fingerprint density at radius 3 is 2.88 bits per heavy atom. The number of aromatic nitrogens is 2. The third kappa shape index (κ3) is 5.26. The van der Waals surface area contributed by atoms with Crippen molar-refractivity contribution in [2.45, 2.75) is 37.2 Å². The third-order valence-electron chi connectivity index (χ3n) is 4.81. The average molecular weight is 359 g/mol. The van der Waals surface area contributed by atoms with Gasteiger partial charge in [0.1, 0.15) is 0 Å². The quantitative estimate of drug-likeness (QED) is 0.803. The number of rotatable bonds is 6. The molecule has 0 aliphatic carbocycles. The van der Waals surface area contributed by atoms with E-state index < -0.39 is 0 Å². The summed E-state index contributed by atoms with van der Waals surface area (Å²) in [7, 11) is 0. The highest BCUT2D eigenvalue weighted by atomic mass is 32.2. The summed E-state index contributed by atoms with van der Waals surface area (Å²) < 4.78 is 1.99. The van der Waals surface area contributed by atoms with E-state index in [1.54, 1.807) is 11.8 Å². The summed E-state index contributed by atoms with van der Waals surface area (Å²) in [6, 6.07) is 10.3. The Hall–Kier alpha value is -1.95. The highest BCUT2D eigenvalue weighted by Crippen LogP contribution is 2.21. The Bertz CT molecular complexity index is 666. The molecule has 3 rings (SSSR count). The van der Waals surface area contributed by atoms with Crippen LogP contribution < -0.4 is 5.32 Å². The minimum Gasteiger partial charge on any atom is -0.334 e. The van der Waals surface area contributed by atoms with Crippen molar-refractivity contribution in [3.63, 3.8) is 0 Å². The number of benzene rings is 1. The Morgan fingerprint density at radius 2 is 2.16 bits per heavy atom. The lowest BCUT2D eigenvalue weighted by Gasteiger charge is -2.32. The van der Waals surface area contributed by atoms with Crippen LogP contribution in [0.3, 0.4) is 0 Å². The van der Waals surface area contributed by atoms with E-state index in [-0.39, 0.29) is 6.03 Å². The summed E-state index contributed by atoms with van der Waals surface area (Å²) >= 11 is 1.72. The molecule has 134 valence electrons. The van der Waals surface area contributed by atoms with Gasteiger partial charge in [-0.15, -0.1) is 11.8 Å². The summed E-state index contributed by atoms with van der Waals surface area (Å²) in [6.45, 7) is 3.25. The zero-order valence-corrected chi connectivity index (χ0v) is 15.5. The molecule has 25 heavy (non-hydrogen) atoms. The molecule has 1 aliphatic heterocycles. The minimum absolute atomic E-state index is 0.0556. The average Bonchev–Trinajstić information content (AvgIpc) is 3.18. The van der Waals surface area contributed by atoms with Gasteiger partial charge in [-0.05, 0) is 55.2 Å². The van der Waals surface area contributed by atoms with Crippen molar-refractivity contribution in [2.24, 2.45) is 5.92 Å². The second kappa shape index (κ2) is 8.94. The molecule has 1 fully saturated rings. The smallest absolute Gasteiger partial charge is 0.317 e. The van der Waals surface area contributed by atoms with Crippen molar-refractivity contribution in [1.82, 2.24) is 20.0 Å². The highest BCUT2D eigenvalue weighted by Gasteiger charge is 2.22. The van der Waals surface area contributed by atoms with Crippen molar-refractivity contribution < 1.29 is 4.79 Å². The summed E-state index contributed by atoms with van der Waals surface area (Å²) in [5, 5.41) is 7.30. The lowest BCUT2D eigenvalue weighted by atomic mass is 9.94. The monoisotopic (exact) mass is 358 g/mol. The zero-order chi connectivity index (χ0) is 17.5. The number of carbonyl (C=O) groups excluding carboxylic acids is 1. The molecule has 0 bridgehead atoms. The van der Waals surface area contributed by atoms with Gasteiger partial charge < -0.3 is 10.2 Å². The number of thioether (sulfide) groups is 1. The maximum atomic E-state index is 12.4. The fourth-order valence-electron chi connectivity index (χ4n) is 3.24. The van der Waals surface area contributed by atoms with E-state index in [4.69, 9.17) is 0 Å². The predicted molar refractivity (Wildman–Crippen MR) is 102 cm³/mol. The number of nitrogens with one attached hydrogen (secondary N) is 1. The van der Waals surface area contributed by atoms with Crippen LogP contribution in [0.1, 0.15) is 24.8 Å². The van der Waals surface area contributed by atoms with Crippen LogP contribution >= 0.6 is 11.8 Å². The first-order valence-electron chi connectivity index (χ1n) is 8.88. The Balaban J connectivity index is 1.39. The molecule has 5 nitrogen and oxygen atoms in total. The summed E-state index contributed by atoms with van der Waals surface area (Å²) in [4.78, 5) is 15.5. The van der Waals surface area contributed by atoms with Crippen LogP contribution in [0.4, 0.5) is 4.79 Å². The van der Waals surface area contributed by atoms with Crippen molar-refractivity contribution in [1.29, 1.82) is 0 Å². The number of aryl methyl sites for hydroxylation is 1. The fourth-order valence-corrected chi connectivity index (χ4v) is 3.73. The molecule has 1 aliphatic rings. The van der Waals surface area contributed by atoms with Gasteiger partial charge in [0.05, 0.1) is 0 Å². The zero-order valence-electron chi connectivity index (χ0n) is 14.7. The number of likely N-dealkylation sites (tertiary alicyclic amines) is 1. The number of piperidine rings is 1. The van der Waals surface area contributed by atoms with Gasteiger partial charge in [0.15, 0.2) is 0 Å². The Labute approximate surface area is 153 Å². The molecular formula is C19H26N4OS. The second-order valence-electron chi connectivity index (χ2n) is 6.50. The molecule has 0 atom stereocenters. The van der Waals surface area contributed by atoms with E-state index in [1.807, 2.05) is 34.1 Å². The van der Waals surface area contributed by atoms with Gasteiger partial charge in [-0.1, -0.05) is 12.1 Å². The molecule has 1 N–H and O–H groups in total. The van der Waals surface area contributed by atoms with E-state index in [1.165, 1.54) is 4.90 Å². The molecule has 1 aromatic carbocycles. The summed E-state index contributed by atoms with van der Waals surface area (Å²) in [6.07, 6.45) is 9.19. The first kappa shape index (κ1) is 17.9. The van der Waals surface area contributed by atoms with Gasteiger partial charge in [-0.25, -0.2) is 4.79 Å². The summed E-state index contributed by atoms with van der Waals surface area (Å²) in [5.74, 6) is 0.687. The number of hydrogen-bond acceptors (Lipinski definition) is 3. The molecule has 0 unspecified atom stereocenters. The normalized spacial score (nSPS) is 15.3. The van der Waals surface area contributed by atoms with Gasteiger partial charge in [0.25, 0.3) is 0 Å². The van der Waals surface area contributed by atoms with E-state index in [0.29, 0.717) is 12.5 Å². The number of nitrogens with zero attached hydrogens (tertiary/aromatic N) is 3. The standard InChI is InChI=1S/C19H26N4OS/c1-25-18-5-2-4-17(14-18)15-20-19(24)22-11-6-16(7-12-22)8-13-23-10-3-9-21-23/h2-5,9-10,14,16H,6-8,11-13,15H2,1H3,(H,20,24). The SMILES string of the molecule is CSc1cccc(CNC(=O)N2CCC(CCn3cccn3)CC2)c1. The molecule has 0 spiro atoms. The van der Waals surface area contributed by atoms with E-state index >= 15 is 0 Å². The van der Waals surface area contributed by atoms with E-state index in [0.717, 1.165) is 44.5 Å². The molecule has 0 radical (unpaired) electrons.